The first kappa shape index (κ1) is 12.0. The molecule has 1 saturated heterocycles. The maximum absolute atomic E-state index is 9.28. The number of hydrogen-bond donors (Lipinski definition) is 2. The Morgan fingerprint density at radius 2 is 1.93 bits per heavy atom. The highest BCUT2D eigenvalue weighted by Crippen LogP contribution is 2.19. The van der Waals surface area contributed by atoms with E-state index in [4.69, 9.17) is 0 Å². The third-order valence-corrected chi connectivity index (χ3v) is 2.98. The molecule has 1 rings (SSSR count). The molecule has 3 nitrogen and oxygen atoms in total. The van der Waals surface area contributed by atoms with E-state index in [1.165, 1.54) is 0 Å². The SMILES string of the molecule is CC(C)N[C@H]1CN(C(C)C)C[C@H]1CO. The van der Waals surface area contributed by atoms with Crippen LogP contribution in [0.3, 0.4) is 0 Å². The molecule has 0 spiro atoms. The minimum atomic E-state index is 0.299. The maximum atomic E-state index is 9.28. The number of rotatable bonds is 4. The molecule has 0 bridgehead atoms. The van der Waals surface area contributed by atoms with Crippen LogP contribution in [0.25, 0.3) is 0 Å². The Balaban J connectivity index is 2.49. The second kappa shape index (κ2) is 5.10. The van der Waals surface area contributed by atoms with Crippen LogP contribution in [0.5, 0.6) is 0 Å². The fourth-order valence-corrected chi connectivity index (χ4v) is 2.13. The first-order chi connectivity index (χ1) is 6.54. The Hall–Kier alpha value is -0.120. The van der Waals surface area contributed by atoms with Crippen molar-refractivity contribution in [3.63, 3.8) is 0 Å². The van der Waals surface area contributed by atoms with Crippen molar-refractivity contribution in [2.45, 2.75) is 45.8 Å². The zero-order valence-corrected chi connectivity index (χ0v) is 9.83. The summed E-state index contributed by atoms with van der Waals surface area (Å²) < 4.78 is 0. The lowest BCUT2D eigenvalue weighted by molar-refractivity contribution is 0.199. The molecule has 0 saturated carbocycles. The number of hydrogen-bond acceptors (Lipinski definition) is 3. The van der Waals surface area contributed by atoms with E-state index in [0.717, 1.165) is 13.1 Å². The van der Waals surface area contributed by atoms with Gasteiger partial charge < -0.3 is 10.4 Å². The molecule has 3 heteroatoms. The molecule has 0 amide bonds. The van der Waals surface area contributed by atoms with E-state index in [-0.39, 0.29) is 0 Å². The molecule has 2 atom stereocenters. The van der Waals surface area contributed by atoms with Crippen molar-refractivity contribution >= 4 is 0 Å². The standard InChI is InChI=1S/C11H24N2O/c1-8(2)12-11-6-13(9(3)4)5-10(11)7-14/h8-12,14H,5-7H2,1-4H3/t10-,11-/m0/s1. The van der Waals surface area contributed by atoms with Gasteiger partial charge in [0.15, 0.2) is 0 Å². The Morgan fingerprint density at radius 1 is 1.29 bits per heavy atom. The van der Waals surface area contributed by atoms with Gasteiger partial charge in [-0.25, -0.2) is 0 Å². The summed E-state index contributed by atoms with van der Waals surface area (Å²) in [5.74, 6) is 0.403. The van der Waals surface area contributed by atoms with E-state index in [9.17, 15) is 5.11 Å². The van der Waals surface area contributed by atoms with Gasteiger partial charge in [-0.05, 0) is 13.8 Å². The molecule has 0 aliphatic carbocycles. The first-order valence-corrected chi connectivity index (χ1v) is 5.65. The molecule has 1 heterocycles. The van der Waals surface area contributed by atoms with Crippen LogP contribution < -0.4 is 5.32 Å². The minimum Gasteiger partial charge on any atom is -0.396 e. The molecule has 2 N–H and O–H groups in total. The van der Waals surface area contributed by atoms with Crippen molar-refractivity contribution in [2.24, 2.45) is 5.92 Å². The molecule has 84 valence electrons. The van der Waals surface area contributed by atoms with Gasteiger partial charge in [0, 0.05) is 43.7 Å². The average Bonchev–Trinajstić information content (AvgIpc) is 2.46. The highest BCUT2D eigenvalue weighted by atomic mass is 16.3. The maximum Gasteiger partial charge on any atom is 0.0486 e. The summed E-state index contributed by atoms with van der Waals surface area (Å²) in [7, 11) is 0. The van der Waals surface area contributed by atoms with Gasteiger partial charge in [-0.3, -0.25) is 4.90 Å². The lowest BCUT2D eigenvalue weighted by Gasteiger charge is -2.21. The highest BCUT2D eigenvalue weighted by molar-refractivity contribution is 4.90. The number of likely N-dealkylation sites (tertiary alicyclic amines) is 1. The third kappa shape index (κ3) is 2.94. The number of nitrogens with zero attached hydrogens (tertiary/aromatic N) is 1. The fourth-order valence-electron chi connectivity index (χ4n) is 2.13. The lowest BCUT2D eigenvalue weighted by Crippen LogP contribution is -2.41. The van der Waals surface area contributed by atoms with Crippen LogP contribution in [0.2, 0.25) is 0 Å². The van der Waals surface area contributed by atoms with Crippen LogP contribution >= 0.6 is 0 Å². The Labute approximate surface area is 87.5 Å². The Morgan fingerprint density at radius 3 is 2.36 bits per heavy atom. The van der Waals surface area contributed by atoms with Gasteiger partial charge in [-0.1, -0.05) is 13.8 Å². The van der Waals surface area contributed by atoms with Crippen LogP contribution in [-0.2, 0) is 0 Å². The molecular formula is C11H24N2O. The van der Waals surface area contributed by atoms with Crippen molar-refractivity contribution in [2.75, 3.05) is 19.7 Å². The topological polar surface area (TPSA) is 35.5 Å². The average molecular weight is 200 g/mol. The zero-order chi connectivity index (χ0) is 10.7. The van der Waals surface area contributed by atoms with Gasteiger partial charge in [-0.2, -0.15) is 0 Å². The Bertz CT molecular complexity index is 171. The van der Waals surface area contributed by atoms with Crippen molar-refractivity contribution in [3.05, 3.63) is 0 Å². The smallest absolute Gasteiger partial charge is 0.0486 e. The predicted molar refractivity (Wildman–Crippen MR) is 59.3 cm³/mol. The van der Waals surface area contributed by atoms with E-state index in [0.29, 0.717) is 30.7 Å². The molecule has 0 radical (unpaired) electrons. The van der Waals surface area contributed by atoms with Crippen LogP contribution in [-0.4, -0.2) is 47.8 Å². The van der Waals surface area contributed by atoms with E-state index in [1.807, 2.05) is 0 Å². The molecular weight excluding hydrogens is 176 g/mol. The number of aliphatic hydroxyl groups is 1. The summed E-state index contributed by atoms with van der Waals surface area (Å²) >= 11 is 0. The summed E-state index contributed by atoms with van der Waals surface area (Å²) in [6.07, 6.45) is 0. The fraction of sp³-hybridized carbons (Fsp3) is 1.00. The minimum absolute atomic E-state index is 0.299. The molecule has 0 unspecified atom stereocenters. The van der Waals surface area contributed by atoms with Crippen LogP contribution in [0.15, 0.2) is 0 Å². The normalized spacial score (nSPS) is 29.4. The van der Waals surface area contributed by atoms with Crippen LogP contribution in [0, 0.1) is 5.92 Å². The van der Waals surface area contributed by atoms with Crippen molar-refractivity contribution in [3.8, 4) is 0 Å². The summed E-state index contributed by atoms with van der Waals surface area (Å²) in [5, 5.41) is 12.8. The van der Waals surface area contributed by atoms with E-state index < -0.39 is 0 Å². The van der Waals surface area contributed by atoms with Gasteiger partial charge in [0.2, 0.25) is 0 Å². The molecule has 1 fully saturated rings. The van der Waals surface area contributed by atoms with Crippen LogP contribution in [0.1, 0.15) is 27.7 Å². The van der Waals surface area contributed by atoms with Crippen LogP contribution in [0.4, 0.5) is 0 Å². The monoisotopic (exact) mass is 200 g/mol. The quantitative estimate of drug-likeness (QED) is 0.701. The molecule has 1 aliphatic rings. The third-order valence-electron chi connectivity index (χ3n) is 2.98. The summed E-state index contributed by atoms with van der Waals surface area (Å²) in [5.41, 5.74) is 0. The van der Waals surface area contributed by atoms with Crippen molar-refractivity contribution < 1.29 is 5.11 Å². The zero-order valence-electron chi connectivity index (χ0n) is 9.83. The molecule has 0 aromatic rings. The van der Waals surface area contributed by atoms with Gasteiger partial charge >= 0.3 is 0 Å². The van der Waals surface area contributed by atoms with E-state index in [1.54, 1.807) is 0 Å². The molecule has 14 heavy (non-hydrogen) atoms. The molecule has 1 aliphatic heterocycles. The highest BCUT2D eigenvalue weighted by Gasteiger charge is 2.33. The van der Waals surface area contributed by atoms with Crippen molar-refractivity contribution in [1.82, 2.24) is 10.2 Å². The number of aliphatic hydroxyl groups excluding tert-OH is 1. The summed E-state index contributed by atoms with van der Waals surface area (Å²) in [4.78, 5) is 2.43. The lowest BCUT2D eigenvalue weighted by atomic mass is 10.0. The van der Waals surface area contributed by atoms with E-state index >= 15 is 0 Å². The van der Waals surface area contributed by atoms with Gasteiger partial charge in [0.25, 0.3) is 0 Å². The predicted octanol–water partition coefficient (Wildman–Crippen LogP) is 0.685. The van der Waals surface area contributed by atoms with E-state index in [2.05, 4.69) is 37.9 Å². The largest absolute Gasteiger partial charge is 0.396 e. The number of nitrogens with one attached hydrogen (secondary N) is 1. The van der Waals surface area contributed by atoms with Crippen molar-refractivity contribution in [1.29, 1.82) is 0 Å². The second-order valence-electron chi connectivity index (χ2n) is 4.92. The molecule has 0 aromatic carbocycles. The second-order valence-corrected chi connectivity index (χ2v) is 4.92. The molecule has 0 aromatic heterocycles. The van der Waals surface area contributed by atoms with Gasteiger partial charge in [0.05, 0.1) is 0 Å². The first-order valence-electron chi connectivity index (χ1n) is 5.65. The van der Waals surface area contributed by atoms with Gasteiger partial charge in [0.1, 0.15) is 0 Å². The van der Waals surface area contributed by atoms with Gasteiger partial charge in [-0.15, -0.1) is 0 Å². The summed E-state index contributed by atoms with van der Waals surface area (Å²) in [6, 6.07) is 1.55. The summed E-state index contributed by atoms with van der Waals surface area (Å²) in [6.45, 7) is 11.1. The Kier molecular flexibility index (Phi) is 4.35.